The van der Waals surface area contributed by atoms with Gasteiger partial charge in [-0.25, -0.2) is 0 Å². The molecule has 0 bridgehead atoms. The zero-order valence-corrected chi connectivity index (χ0v) is 14.4. The van der Waals surface area contributed by atoms with E-state index < -0.39 is 0 Å². The van der Waals surface area contributed by atoms with E-state index in [1.54, 1.807) is 6.92 Å². The monoisotopic (exact) mass is 345 g/mol. The second-order valence-corrected chi connectivity index (χ2v) is 6.79. The molecular weight excluding hydrogens is 330 g/mol. The molecule has 25 heavy (non-hydrogen) atoms. The van der Waals surface area contributed by atoms with Crippen molar-refractivity contribution in [3.8, 4) is 22.6 Å². The highest BCUT2D eigenvalue weighted by Crippen LogP contribution is 2.34. The van der Waals surface area contributed by atoms with E-state index in [0.29, 0.717) is 0 Å². The molecule has 3 nitrogen and oxygen atoms in total. The van der Waals surface area contributed by atoms with Gasteiger partial charge >= 0.3 is 0 Å². The van der Waals surface area contributed by atoms with E-state index in [4.69, 9.17) is 4.74 Å². The molecule has 4 rings (SSSR count). The molecule has 0 amide bonds. The van der Waals surface area contributed by atoms with Crippen LogP contribution in [0.3, 0.4) is 0 Å². The smallest absolute Gasteiger partial charge is 0.169 e. The average Bonchev–Trinajstić information content (AvgIpc) is 3.08. The van der Waals surface area contributed by atoms with E-state index in [1.165, 1.54) is 11.3 Å². The molecule has 0 fully saturated rings. The zero-order chi connectivity index (χ0) is 17.2. The summed E-state index contributed by atoms with van der Waals surface area (Å²) in [7, 11) is 0. The molecule has 0 saturated heterocycles. The Morgan fingerprint density at radius 1 is 0.960 bits per heavy atom. The zero-order valence-electron chi connectivity index (χ0n) is 13.6. The van der Waals surface area contributed by atoms with E-state index >= 15 is 0 Å². The number of ether oxygens (including phenoxy) is 1. The third-order valence-electron chi connectivity index (χ3n) is 3.94. The first kappa shape index (κ1) is 15.5. The molecule has 0 N–H and O–H groups in total. The van der Waals surface area contributed by atoms with Gasteiger partial charge < -0.3 is 4.74 Å². The Balaban J connectivity index is 1.68. The van der Waals surface area contributed by atoms with Crippen LogP contribution >= 0.6 is 11.3 Å². The maximum absolute atomic E-state index is 11.7. The Labute approximate surface area is 149 Å². The minimum atomic E-state index is 0.0822. The van der Waals surface area contributed by atoms with Crippen molar-refractivity contribution in [3.63, 3.8) is 0 Å². The number of para-hydroxylation sites is 1. The lowest BCUT2D eigenvalue weighted by Gasteiger charge is -2.07. The van der Waals surface area contributed by atoms with Crippen LogP contribution in [0.2, 0.25) is 0 Å². The van der Waals surface area contributed by atoms with Gasteiger partial charge in [0, 0.05) is 23.3 Å². The fourth-order valence-electron chi connectivity index (χ4n) is 2.69. The summed E-state index contributed by atoms with van der Waals surface area (Å²) in [4.78, 5) is 16.7. The maximum atomic E-state index is 11.7. The summed E-state index contributed by atoms with van der Waals surface area (Å²) in [6.45, 7) is 1.59. The van der Waals surface area contributed by atoms with Crippen molar-refractivity contribution in [1.29, 1.82) is 0 Å². The van der Waals surface area contributed by atoms with Crippen LogP contribution in [-0.4, -0.2) is 10.8 Å². The average molecular weight is 345 g/mol. The molecule has 0 spiro atoms. The minimum absolute atomic E-state index is 0.0822. The predicted octanol–water partition coefficient (Wildman–Crippen LogP) is 5.96. The number of thiophene rings is 1. The van der Waals surface area contributed by atoms with Gasteiger partial charge in [0.2, 0.25) is 0 Å². The van der Waals surface area contributed by atoms with Gasteiger partial charge in [-0.2, -0.15) is 0 Å². The molecule has 2 aromatic carbocycles. The number of rotatable bonds is 4. The number of fused-ring (bicyclic) bond motifs is 1. The first-order chi connectivity index (χ1) is 12.2. The topological polar surface area (TPSA) is 39.2 Å². The van der Waals surface area contributed by atoms with Crippen LogP contribution in [0, 0.1) is 0 Å². The number of aromatic nitrogens is 1. The van der Waals surface area contributed by atoms with Gasteiger partial charge in [0.25, 0.3) is 0 Å². The standard InChI is InChI=1S/C21H15NO2S/c1-14(23)20-11-18-19(12-22-13-21(18)25-20)15-7-9-17(10-8-15)24-16-5-3-2-4-6-16/h2-13H,1H3. The summed E-state index contributed by atoms with van der Waals surface area (Å²) in [5.41, 5.74) is 2.07. The fraction of sp³-hybridized carbons (Fsp3) is 0.0476. The van der Waals surface area contributed by atoms with Gasteiger partial charge in [-0.3, -0.25) is 9.78 Å². The van der Waals surface area contributed by atoms with Crippen molar-refractivity contribution >= 4 is 27.2 Å². The number of carbonyl (C=O) groups is 1. The van der Waals surface area contributed by atoms with Crippen LogP contribution in [0.1, 0.15) is 16.6 Å². The molecule has 2 heterocycles. The van der Waals surface area contributed by atoms with Gasteiger partial charge in [0.05, 0.1) is 9.58 Å². The summed E-state index contributed by atoms with van der Waals surface area (Å²) in [6.07, 6.45) is 3.65. The lowest BCUT2D eigenvalue weighted by molar-refractivity contribution is 0.102. The molecule has 122 valence electrons. The normalized spacial score (nSPS) is 10.8. The van der Waals surface area contributed by atoms with Crippen molar-refractivity contribution in [2.45, 2.75) is 6.92 Å². The Morgan fingerprint density at radius 2 is 1.68 bits per heavy atom. The maximum Gasteiger partial charge on any atom is 0.169 e. The number of pyridine rings is 1. The number of carbonyl (C=O) groups excluding carboxylic acids is 1. The first-order valence-corrected chi connectivity index (χ1v) is 8.74. The van der Waals surface area contributed by atoms with Crippen LogP contribution < -0.4 is 4.74 Å². The Bertz CT molecular complexity index is 1040. The number of benzene rings is 2. The van der Waals surface area contributed by atoms with Gasteiger partial charge in [0.15, 0.2) is 5.78 Å². The number of hydrogen-bond donors (Lipinski definition) is 0. The molecule has 4 heteroatoms. The summed E-state index contributed by atoms with van der Waals surface area (Å²) in [6, 6.07) is 19.6. The van der Waals surface area contributed by atoms with Crippen LogP contribution in [-0.2, 0) is 0 Å². The molecule has 2 aromatic heterocycles. The summed E-state index contributed by atoms with van der Waals surface area (Å²) >= 11 is 1.48. The highest BCUT2D eigenvalue weighted by Gasteiger charge is 2.11. The molecule has 0 aliphatic carbocycles. The minimum Gasteiger partial charge on any atom is -0.457 e. The van der Waals surface area contributed by atoms with Crippen molar-refractivity contribution in [2.24, 2.45) is 0 Å². The van der Waals surface area contributed by atoms with Gasteiger partial charge in [-0.1, -0.05) is 30.3 Å². The molecular formula is C21H15NO2S. The third-order valence-corrected chi connectivity index (χ3v) is 5.11. The molecule has 0 radical (unpaired) electrons. The Morgan fingerprint density at radius 3 is 2.40 bits per heavy atom. The van der Waals surface area contributed by atoms with Crippen LogP contribution in [0.25, 0.3) is 21.2 Å². The highest BCUT2D eigenvalue weighted by molar-refractivity contribution is 7.20. The first-order valence-electron chi connectivity index (χ1n) is 7.92. The molecule has 0 saturated carbocycles. The van der Waals surface area contributed by atoms with E-state index in [-0.39, 0.29) is 5.78 Å². The van der Waals surface area contributed by atoms with Gasteiger partial charge in [0.1, 0.15) is 11.5 Å². The molecule has 0 aliphatic heterocycles. The molecule has 0 aliphatic rings. The van der Waals surface area contributed by atoms with Crippen molar-refractivity contribution in [3.05, 3.63) is 77.9 Å². The summed E-state index contributed by atoms with van der Waals surface area (Å²) < 4.78 is 6.85. The lowest BCUT2D eigenvalue weighted by Crippen LogP contribution is -1.85. The van der Waals surface area contributed by atoms with Crippen LogP contribution in [0.4, 0.5) is 0 Å². The van der Waals surface area contributed by atoms with Crippen LogP contribution in [0.5, 0.6) is 11.5 Å². The number of Topliss-reactive ketones (excluding diaryl/α,β-unsaturated/α-hetero) is 1. The molecule has 4 aromatic rings. The quantitative estimate of drug-likeness (QED) is 0.428. The van der Waals surface area contributed by atoms with E-state index in [9.17, 15) is 4.79 Å². The second-order valence-electron chi connectivity index (χ2n) is 5.71. The fourth-order valence-corrected chi connectivity index (χ4v) is 3.64. The van der Waals surface area contributed by atoms with Crippen LogP contribution in [0.15, 0.2) is 73.1 Å². The van der Waals surface area contributed by atoms with Crippen molar-refractivity contribution in [2.75, 3.05) is 0 Å². The number of hydrogen-bond acceptors (Lipinski definition) is 4. The SMILES string of the molecule is CC(=O)c1cc2c(-c3ccc(Oc4ccccc4)cc3)cncc2s1. The van der Waals surface area contributed by atoms with Gasteiger partial charge in [-0.05, 0) is 42.8 Å². The van der Waals surface area contributed by atoms with Crippen molar-refractivity contribution < 1.29 is 9.53 Å². The van der Waals surface area contributed by atoms with E-state index in [2.05, 4.69) is 4.98 Å². The third kappa shape index (κ3) is 3.16. The predicted molar refractivity (Wildman–Crippen MR) is 102 cm³/mol. The molecule has 0 atom stereocenters. The number of ketones is 1. The Kier molecular flexibility index (Phi) is 4.04. The highest BCUT2D eigenvalue weighted by atomic mass is 32.1. The largest absolute Gasteiger partial charge is 0.457 e. The summed E-state index contributed by atoms with van der Waals surface area (Å²) in [5.74, 6) is 1.67. The Hall–Kier alpha value is -2.98. The second kappa shape index (κ2) is 6.49. The molecule has 0 unspecified atom stereocenters. The summed E-state index contributed by atoms with van der Waals surface area (Å²) in [5, 5.41) is 1.06. The van der Waals surface area contributed by atoms with Gasteiger partial charge in [-0.15, -0.1) is 11.3 Å². The van der Waals surface area contributed by atoms with Crippen molar-refractivity contribution in [1.82, 2.24) is 4.98 Å². The van der Waals surface area contributed by atoms with E-state index in [0.717, 1.165) is 37.6 Å². The number of nitrogens with zero attached hydrogens (tertiary/aromatic N) is 1. The lowest BCUT2D eigenvalue weighted by atomic mass is 10.0. The van der Waals surface area contributed by atoms with E-state index in [1.807, 2.05) is 73.1 Å².